The summed E-state index contributed by atoms with van der Waals surface area (Å²) in [6, 6.07) is 0.552. The number of aliphatic hydroxyl groups is 1. The zero-order valence-corrected chi connectivity index (χ0v) is 7.75. The quantitative estimate of drug-likeness (QED) is 0.651. The highest BCUT2D eigenvalue weighted by molar-refractivity contribution is 4.75. The highest BCUT2D eigenvalue weighted by Crippen LogP contribution is 2.15. The van der Waals surface area contributed by atoms with Gasteiger partial charge < -0.3 is 15.2 Å². The summed E-state index contributed by atoms with van der Waals surface area (Å²) in [6.45, 7) is 3.95. The molecule has 0 aromatic carbocycles. The van der Waals surface area contributed by atoms with Crippen molar-refractivity contribution in [2.24, 2.45) is 0 Å². The molecule has 12 heavy (non-hydrogen) atoms. The van der Waals surface area contributed by atoms with Gasteiger partial charge >= 0.3 is 0 Å². The summed E-state index contributed by atoms with van der Waals surface area (Å²) in [4.78, 5) is 0. The van der Waals surface area contributed by atoms with E-state index in [1.807, 2.05) is 0 Å². The normalized spacial score (nSPS) is 30.5. The number of ether oxygens (including phenoxy) is 1. The van der Waals surface area contributed by atoms with Crippen LogP contribution in [0.4, 0.5) is 0 Å². The van der Waals surface area contributed by atoms with Crippen molar-refractivity contribution in [3.05, 3.63) is 0 Å². The van der Waals surface area contributed by atoms with Gasteiger partial charge in [0.15, 0.2) is 0 Å². The fourth-order valence-electron chi connectivity index (χ4n) is 1.62. The van der Waals surface area contributed by atoms with Crippen LogP contribution in [0.3, 0.4) is 0 Å². The first-order chi connectivity index (χ1) is 5.86. The van der Waals surface area contributed by atoms with Crippen LogP contribution in [0.5, 0.6) is 0 Å². The SMILES string of the molecule is CCC1CC(NCCO)CCO1. The third-order valence-electron chi connectivity index (χ3n) is 2.37. The van der Waals surface area contributed by atoms with Gasteiger partial charge in [-0.15, -0.1) is 0 Å². The summed E-state index contributed by atoms with van der Waals surface area (Å²) >= 11 is 0. The standard InChI is InChI=1S/C9H19NO2/c1-2-9-7-8(3-6-12-9)10-4-5-11/h8-11H,2-7H2,1H3. The zero-order valence-electron chi connectivity index (χ0n) is 7.75. The van der Waals surface area contributed by atoms with Gasteiger partial charge in [-0.25, -0.2) is 0 Å². The zero-order chi connectivity index (χ0) is 8.81. The molecule has 3 heteroatoms. The van der Waals surface area contributed by atoms with Crippen molar-refractivity contribution in [2.75, 3.05) is 19.8 Å². The van der Waals surface area contributed by atoms with E-state index in [0.29, 0.717) is 18.7 Å². The molecule has 72 valence electrons. The van der Waals surface area contributed by atoms with Crippen molar-refractivity contribution in [3.63, 3.8) is 0 Å². The Hall–Kier alpha value is -0.120. The molecule has 0 aromatic rings. The minimum Gasteiger partial charge on any atom is -0.395 e. The van der Waals surface area contributed by atoms with Crippen molar-refractivity contribution >= 4 is 0 Å². The van der Waals surface area contributed by atoms with E-state index in [0.717, 1.165) is 25.9 Å². The fraction of sp³-hybridized carbons (Fsp3) is 1.00. The van der Waals surface area contributed by atoms with Crippen molar-refractivity contribution in [3.8, 4) is 0 Å². The lowest BCUT2D eigenvalue weighted by Gasteiger charge is -2.29. The first-order valence-electron chi connectivity index (χ1n) is 4.82. The van der Waals surface area contributed by atoms with Crippen molar-refractivity contribution in [2.45, 2.75) is 38.3 Å². The Morgan fingerprint density at radius 1 is 1.58 bits per heavy atom. The molecule has 3 nitrogen and oxygen atoms in total. The van der Waals surface area contributed by atoms with Crippen LogP contribution < -0.4 is 5.32 Å². The average molecular weight is 173 g/mol. The summed E-state index contributed by atoms with van der Waals surface area (Å²) in [5, 5.41) is 11.9. The van der Waals surface area contributed by atoms with E-state index < -0.39 is 0 Å². The highest BCUT2D eigenvalue weighted by Gasteiger charge is 2.20. The minimum absolute atomic E-state index is 0.230. The lowest BCUT2D eigenvalue weighted by Crippen LogP contribution is -2.39. The van der Waals surface area contributed by atoms with Gasteiger partial charge in [-0.05, 0) is 19.3 Å². The van der Waals surface area contributed by atoms with E-state index >= 15 is 0 Å². The summed E-state index contributed by atoms with van der Waals surface area (Å²) in [5.41, 5.74) is 0. The molecule has 0 amide bonds. The van der Waals surface area contributed by atoms with E-state index in [9.17, 15) is 0 Å². The maximum absolute atomic E-state index is 8.63. The Morgan fingerprint density at radius 3 is 3.08 bits per heavy atom. The van der Waals surface area contributed by atoms with Gasteiger partial charge in [0.25, 0.3) is 0 Å². The Kier molecular flexibility index (Phi) is 4.58. The highest BCUT2D eigenvalue weighted by atomic mass is 16.5. The maximum atomic E-state index is 8.63. The second-order valence-corrected chi connectivity index (χ2v) is 3.30. The molecule has 0 spiro atoms. The lowest BCUT2D eigenvalue weighted by molar-refractivity contribution is -0.000555. The second kappa shape index (κ2) is 5.51. The molecule has 1 fully saturated rings. The van der Waals surface area contributed by atoms with E-state index in [-0.39, 0.29) is 6.61 Å². The van der Waals surface area contributed by atoms with Crippen LogP contribution in [0, 0.1) is 0 Å². The summed E-state index contributed by atoms with van der Waals surface area (Å²) < 4.78 is 5.53. The molecule has 1 rings (SSSR count). The second-order valence-electron chi connectivity index (χ2n) is 3.30. The van der Waals surface area contributed by atoms with Gasteiger partial charge in [-0.1, -0.05) is 6.92 Å². The number of rotatable bonds is 4. The molecule has 0 saturated carbocycles. The van der Waals surface area contributed by atoms with Crippen LogP contribution in [0.1, 0.15) is 26.2 Å². The Labute approximate surface area is 74.1 Å². The van der Waals surface area contributed by atoms with Crippen molar-refractivity contribution in [1.82, 2.24) is 5.32 Å². The maximum Gasteiger partial charge on any atom is 0.0587 e. The summed E-state index contributed by atoms with van der Waals surface area (Å²) in [6.07, 6.45) is 3.69. The third-order valence-corrected chi connectivity index (χ3v) is 2.37. The van der Waals surface area contributed by atoms with Gasteiger partial charge in [0.2, 0.25) is 0 Å². The molecule has 0 radical (unpaired) electrons. The van der Waals surface area contributed by atoms with Crippen LogP contribution >= 0.6 is 0 Å². The van der Waals surface area contributed by atoms with Gasteiger partial charge in [0.1, 0.15) is 0 Å². The smallest absolute Gasteiger partial charge is 0.0587 e. The first kappa shape index (κ1) is 9.96. The summed E-state index contributed by atoms with van der Waals surface area (Å²) in [5.74, 6) is 0. The number of nitrogens with one attached hydrogen (secondary N) is 1. The molecule has 2 N–H and O–H groups in total. The lowest BCUT2D eigenvalue weighted by atomic mass is 10.0. The molecule has 0 aromatic heterocycles. The fourth-order valence-corrected chi connectivity index (χ4v) is 1.62. The molecule has 2 atom stereocenters. The van der Waals surface area contributed by atoms with E-state index in [4.69, 9.17) is 9.84 Å². The average Bonchev–Trinajstić information content (AvgIpc) is 2.15. The number of aliphatic hydroxyl groups excluding tert-OH is 1. The molecule has 1 heterocycles. The molecule has 1 aliphatic heterocycles. The molecular formula is C9H19NO2. The van der Waals surface area contributed by atoms with Crippen LogP contribution in [-0.4, -0.2) is 37.0 Å². The number of hydrogen-bond acceptors (Lipinski definition) is 3. The third kappa shape index (κ3) is 3.09. The van der Waals surface area contributed by atoms with Gasteiger partial charge in [0.05, 0.1) is 12.7 Å². The van der Waals surface area contributed by atoms with Crippen molar-refractivity contribution in [1.29, 1.82) is 0 Å². The van der Waals surface area contributed by atoms with E-state index in [1.54, 1.807) is 0 Å². The monoisotopic (exact) mass is 173 g/mol. The Balaban J connectivity index is 2.16. The van der Waals surface area contributed by atoms with Crippen LogP contribution in [0.15, 0.2) is 0 Å². The molecular weight excluding hydrogens is 154 g/mol. The Bertz CT molecular complexity index is 119. The molecule has 0 aliphatic carbocycles. The molecule has 2 unspecified atom stereocenters. The predicted octanol–water partition coefficient (Wildman–Crippen LogP) is 0.526. The first-order valence-corrected chi connectivity index (χ1v) is 4.82. The Morgan fingerprint density at radius 2 is 2.42 bits per heavy atom. The molecule has 1 aliphatic rings. The van der Waals surface area contributed by atoms with Gasteiger partial charge in [-0.2, -0.15) is 0 Å². The minimum atomic E-state index is 0.230. The molecule has 0 bridgehead atoms. The predicted molar refractivity (Wildman–Crippen MR) is 48.1 cm³/mol. The van der Waals surface area contributed by atoms with Gasteiger partial charge in [-0.3, -0.25) is 0 Å². The topological polar surface area (TPSA) is 41.5 Å². The number of hydrogen-bond donors (Lipinski definition) is 2. The van der Waals surface area contributed by atoms with Gasteiger partial charge in [0, 0.05) is 19.2 Å². The van der Waals surface area contributed by atoms with Crippen LogP contribution in [-0.2, 0) is 4.74 Å². The molecule has 1 saturated heterocycles. The summed E-state index contributed by atoms with van der Waals surface area (Å²) in [7, 11) is 0. The van der Waals surface area contributed by atoms with E-state index in [2.05, 4.69) is 12.2 Å². The van der Waals surface area contributed by atoms with Crippen molar-refractivity contribution < 1.29 is 9.84 Å². The van der Waals surface area contributed by atoms with Crippen LogP contribution in [0.2, 0.25) is 0 Å². The largest absolute Gasteiger partial charge is 0.395 e. The van der Waals surface area contributed by atoms with E-state index in [1.165, 1.54) is 0 Å². The van der Waals surface area contributed by atoms with Crippen LogP contribution in [0.25, 0.3) is 0 Å².